The number of hydrogen-bond acceptors (Lipinski definition) is 7. The molecule has 0 aliphatic heterocycles. The summed E-state index contributed by atoms with van der Waals surface area (Å²) in [4.78, 5) is 37.4. The highest BCUT2D eigenvalue weighted by Gasteiger charge is 2.25. The highest BCUT2D eigenvalue weighted by Crippen LogP contribution is 2.12. The van der Waals surface area contributed by atoms with Crippen molar-refractivity contribution in [2.24, 2.45) is 0 Å². The third-order valence-electron chi connectivity index (χ3n) is 11.5. The molecule has 0 amide bonds. The van der Waals surface area contributed by atoms with Crippen molar-refractivity contribution >= 4 is 17.9 Å². The molecule has 0 bridgehead atoms. The van der Waals surface area contributed by atoms with E-state index >= 15 is 0 Å². The zero-order valence-electron chi connectivity index (χ0n) is 48.8. The molecule has 430 valence electrons. The number of carboxylic acids is 1. The van der Waals surface area contributed by atoms with Gasteiger partial charge in [0.05, 0.1) is 34.4 Å². The molecule has 9 heteroatoms. The van der Waals surface area contributed by atoms with Gasteiger partial charge in [0.25, 0.3) is 6.29 Å². The first kappa shape index (κ1) is 71.7. The lowest BCUT2D eigenvalue weighted by atomic mass is 10.1. The second kappa shape index (κ2) is 56.8. The average Bonchev–Trinajstić information content (AvgIpc) is 3.40. The van der Waals surface area contributed by atoms with Gasteiger partial charge in [0.15, 0.2) is 6.10 Å². The molecule has 0 aromatic heterocycles. The van der Waals surface area contributed by atoms with Crippen molar-refractivity contribution in [3.63, 3.8) is 0 Å². The molecule has 0 saturated carbocycles. The number of hydrogen-bond donors (Lipinski definition) is 1. The SMILES string of the molecule is CC/C=C\C/C=C\C/C=C\C/C=C\C/C=C\C/C=C\C/C=C\C/C=C\C/C=C\C/C=C\CCCCCCC(=O)OC(COC(=O)CCCCCC/C=C\C/C=C\C/C=C\C/C=C\CC)COC(OCC[N+](C)(C)C)C(=O)O. The summed E-state index contributed by atoms with van der Waals surface area (Å²) in [5, 5.41) is 9.70. The van der Waals surface area contributed by atoms with Crippen molar-refractivity contribution in [2.75, 3.05) is 47.5 Å². The van der Waals surface area contributed by atoms with Crippen LogP contribution in [0.4, 0.5) is 0 Å². The highest BCUT2D eigenvalue weighted by atomic mass is 16.7. The Morgan fingerprint density at radius 2 is 0.701 bits per heavy atom. The fraction of sp³-hybridized carbons (Fsp3) is 0.544. The summed E-state index contributed by atoms with van der Waals surface area (Å²) in [5.41, 5.74) is 0. The number of allylic oxidation sites excluding steroid dienone is 28. The summed E-state index contributed by atoms with van der Waals surface area (Å²) in [6, 6.07) is 0. The van der Waals surface area contributed by atoms with E-state index in [1.165, 1.54) is 0 Å². The molecule has 2 unspecified atom stereocenters. The van der Waals surface area contributed by atoms with Crippen LogP contribution in [0.5, 0.6) is 0 Å². The predicted molar refractivity (Wildman–Crippen MR) is 326 cm³/mol. The van der Waals surface area contributed by atoms with E-state index < -0.39 is 24.3 Å². The fourth-order valence-corrected chi connectivity index (χ4v) is 7.03. The number of carboxylic acid groups (broad SMARTS) is 1. The zero-order valence-corrected chi connectivity index (χ0v) is 48.8. The molecular weight excluding hydrogens is 959 g/mol. The van der Waals surface area contributed by atoms with Crippen LogP contribution in [0, 0.1) is 0 Å². The van der Waals surface area contributed by atoms with Gasteiger partial charge < -0.3 is 28.5 Å². The van der Waals surface area contributed by atoms with Crippen LogP contribution in [0.3, 0.4) is 0 Å². The molecule has 9 nitrogen and oxygen atoms in total. The molecular formula is C68H106NO8+. The number of aliphatic carboxylic acids is 1. The summed E-state index contributed by atoms with van der Waals surface area (Å²) in [7, 11) is 5.93. The van der Waals surface area contributed by atoms with E-state index in [4.69, 9.17) is 18.9 Å². The van der Waals surface area contributed by atoms with Crippen LogP contribution < -0.4 is 0 Å². The molecule has 0 heterocycles. The zero-order chi connectivity index (χ0) is 56.2. The molecule has 0 aliphatic rings. The molecule has 0 saturated heterocycles. The Bertz CT molecular complexity index is 1860. The van der Waals surface area contributed by atoms with E-state index in [0.29, 0.717) is 23.9 Å². The van der Waals surface area contributed by atoms with Crippen molar-refractivity contribution in [3.8, 4) is 0 Å². The summed E-state index contributed by atoms with van der Waals surface area (Å²) < 4.78 is 22.8. The van der Waals surface area contributed by atoms with E-state index in [1.54, 1.807) is 0 Å². The molecule has 0 fully saturated rings. The van der Waals surface area contributed by atoms with Gasteiger partial charge in [0.1, 0.15) is 13.2 Å². The van der Waals surface area contributed by atoms with Gasteiger partial charge in [-0.1, -0.05) is 210 Å². The Labute approximate surface area is 469 Å². The van der Waals surface area contributed by atoms with Crippen LogP contribution in [0.2, 0.25) is 0 Å². The number of carbonyl (C=O) groups excluding carboxylic acids is 2. The molecule has 0 spiro atoms. The van der Waals surface area contributed by atoms with Crippen LogP contribution in [0.1, 0.15) is 181 Å². The Morgan fingerprint density at radius 3 is 1.03 bits per heavy atom. The second-order valence-electron chi connectivity index (χ2n) is 19.8. The lowest BCUT2D eigenvalue weighted by Gasteiger charge is -2.25. The first-order valence-corrected chi connectivity index (χ1v) is 29.3. The van der Waals surface area contributed by atoms with Crippen molar-refractivity contribution in [2.45, 2.75) is 193 Å². The number of rotatable bonds is 51. The maximum atomic E-state index is 12.9. The van der Waals surface area contributed by atoms with E-state index in [0.717, 1.165) is 141 Å². The quantitative estimate of drug-likeness (QED) is 0.0211. The van der Waals surface area contributed by atoms with Crippen molar-refractivity contribution < 1.29 is 42.9 Å². The van der Waals surface area contributed by atoms with Crippen LogP contribution in [-0.2, 0) is 33.3 Å². The maximum absolute atomic E-state index is 12.9. The van der Waals surface area contributed by atoms with Gasteiger partial charge >= 0.3 is 17.9 Å². The molecule has 0 rings (SSSR count). The highest BCUT2D eigenvalue weighted by molar-refractivity contribution is 5.71. The monoisotopic (exact) mass is 1060 g/mol. The lowest BCUT2D eigenvalue weighted by Crippen LogP contribution is -2.40. The number of quaternary nitrogens is 1. The number of esters is 2. The van der Waals surface area contributed by atoms with Crippen LogP contribution >= 0.6 is 0 Å². The Kier molecular flexibility index (Phi) is 52.9. The number of unbranched alkanes of at least 4 members (excludes halogenated alkanes) is 8. The topological polar surface area (TPSA) is 108 Å². The largest absolute Gasteiger partial charge is 0.477 e. The summed E-state index contributed by atoms with van der Waals surface area (Å²) in [6.45, 7) is 4.55. The smallest absolute Gasteiger partial charge is 0.361 e. The number of nitrogens with zero attached hydrogens (tertiary/aromatic N) is 1. The van der Waals surface area contributed by atoms with Crippen LogP contribution in [0.25, 0.3) is 0 Å². The van der Waals surface area contributed by atoms with Gasteiger partial charge in [-0.25, -0.2) is 4.79 Å². The van der Waals surface area contributed by atoms with Gasteiger partial charge in [-0.05, 0) is 128 Å². The van der Waals surface area contributed by atoms with Gasteiger partial charge in [-0.3, -0.25) is 9.59 Å². The van der Waals surface area contributed by atoms with Gasteiger partial charge in [0.2, 0.25) is 0 Å². The second-order valence-corrected chi connectivity index (χ2v) is 19.8. The minimum atomic E-state index is -1.54. The summed E-state index contributed by atoms with van der Waals surface area (Å²) in [6.07, 6.45) is 82.9. The third kappa shape index (κ3) is 58.2. The molecule has 0 aromatic rings. The predicted octanol–water partition coefficient (Wildman–Crippen LogP) is 17.6. The van der Waals surface area contributed by atoms with E-state index in [9.17, 15) is 19.5 Å². The van der Waals surface area contributed by atoms with E-state index in [-0.39, 0.29) is 38.6 Å². The third-order valence-corrected chi connectivity index (χ3v) is 11.5. The number of ether oxygens (including phenoxy) is 4. The first-order chi connectivity index (χ1) is 37.6. The van der Waals surface area contributed by atoms with Gasteiger partial charge in [0, 0.05) is 12.8 Å². The van der Waals surface area contributed by atoms with E-state index in [1.807, 2.05) is 21.1 Å². The number of carbonyl (C=O) groups is 3. The van der Waals surface area contributed by atoms with Crippen LogP contribution in [-0.4, -0.2) is 87.4 Å². The standard InChI is InChI=1S/C68H105NO8/c1-6-8-10-12-14-16-18-20-22-24-25-26-27-28-29-30-31-32-33-34-35-36-37-38-39-40-41-43-45-47-49-51-53-55-57-59-66(71)77-64(63-76-68(67(72)73)74-61-60-69(3,4)5)62-75-65(70)58-56-54-52-50-48-46-44-42-23-21-19-17-15-13-11-9-7-2/h8-11,14-17,20-23,25-26,28-29,31-32,34-35,37-38,40-41,44-47,64,68H,6-7,12-13,18-19,24,27,30,33,36,39,42-43,48-63H2,1-5H3/p+1/b10-8-,11-9-,16-14-,17-15-,22-20-,23-21-,26-25-,29-28-,32-31-,35-34-,38-37-,41-40-,46-44-,47-45-. The lowest BCUT2D eigenvalue weighted by molar-refractivity contribution is -0.870. The van der Waals surface area contributed by atoms with Gasteiger partial charge in [-0.2, -0.15) is 0 Å². The Balaban J connectivity index is 4.36. The van der Waals surface area contributed by atoms with E-state index in [2.05, 4.69) is 184 Å². The first-order valence-electron chi connectivity index (χ1n) is 29.3. The minimum Gasteiger partial charge on any atom is -0.477 e. The fourth-order valence-electron chi connectivity index (χ4n) is 7.03. The van der Waals surface area contributed by atoms with Crippen molar-refractivity contribution in [1.82, 2.24) is 0 Å². The average molecular weight is 1070 g/mol. The molecule has 0 aliphatic carbocycles. The summed E-state index contributed by atoms with van der Waals surface area (Å²) in [5.74, 6) is -2.10. The Morgan fingerprint density at radius 1 is 0.390 bits per heavy atom. The van der Waals surface area contributed by atoms with Crippen molar-refractivity contribution in [1.29, 1.82) is 0 Å². The van der Waals surface area contributed by atoms with Crippen LogP contribution in [0.15, 0.2) is 170 Å². The van der Waals surface area contributed by atoms with Gasteiger partial charge in [-0.15, -0.1) is 0 Å². The molecule has 77 heavy (non-hydrogen) atoms. The molecule has 0 aromatic carbocycles. The normalized spacial score (nSPS) is 14.0. The number of likely N-dealkylation sites (N-methyl/N-ethyl adjacent to an activating group) is 1. The molecule has 0 radical (unpaired) electrons. The molecule has 1 N–H and O–H groups in total. The van der Waals surface area contributed by atoms with Crippen molar-refractivity contribution in [3.05, 3.63) is 170 Å². The summed E-state index contributed by atoms with van der Waals surface area (Å²) >= 11 is 0. The maximum Gasteiger partial charge on any atom is 0.361 e. The Hall–Kier alpha value is -5.35. The molecule has 2 atom stereocenters. The minimum absolute atomic E-state index is 0.167.